The Morgan fingerprint density at radius 3 is 2.36 bits per heavy atom. The van der Waals surface area contributed by atoms with Crippen molar-refractivity contribution >= 4 is 21.6 Å². The summed E-state index contributed by atoms with van der Waals surface area (Å²) in [5.74, 6) is 0. The Morgan fingerprint density at radius 2 is 1.59 bits per heavy atom. The van der Waals surface area contributed by atoms with Gasteiger partial charge in [0.05, 0.1) is 10.2 Å². The summed E-state index contributed by atoms with van der Waals surface area (Å²) in [5, 5.41) is 1.08. The second-order valence-corrected chi connectivity index (χ2v) is 6.26. The number of benzene rings is 2. The minimum absolute atomic E-state index is 0.890. The molecule has 0 amide bonds. The van der Waals surface area contributed by atoms with E-state index in [2.05, 4.69) is 71.6 Å². The molecular formula is C19H15N2S+. The van der Waals surface area contributed by atoms with Crippen LogP contribution >= 0.6 is 11.3 Å². The van der Waals surface area contributed by atoms with Gasteiger partial charge < -0.3 is 0 Å². The fourth-order valence-electron chi connectivity index (χ4n) is 2.50. The molecule has 0 aliphatic heterocycles. The Morgan fingerprint density at radius 1 is 0.818 bits per heavy atom. The number of nitrogens with zero attached hydrogens (tertiary/aromatic N) is 2. The maximum Gasteiger partial charge on any atom is 0.173 e. The third kappa shape index (κ3) is 2.63. The van der Waals surface area contributed by atoms with Crippen LogP contribution in [0, 0.1) is 0 Å². The average Bonchev–Trinajstić information content (AvgIpc) is 3.00. The summed E-state index contributed by atoms with van der Waals surface area (Å²) < 4.78 is 3.41. The first-order valence-electron chi connectivity index (χ1n) is 7.27. The summed E-state index contributed by atoms with van der Waals surface area (Å²) in [4.78, 5) is 4.71. The number of para-hydroxylation sites is 1. The van der Waals surface area contributed by atoms with Crippen LogP contribution in [-0.4, -0.2) is 4.98 Å². The zero-order chi connectivity index (χ0) is 14.8. The molecule has 22 heavy (non-hydrogen) atoms. The smallest absolute Gasteiger partial charge is 0.173 e. The van der Waals surface area contributed by atoms with Crippen molar-refractivity contribution in [3.05, 3.63) is 84.7 Å². The van der Waals surface area contributed by atoms with Crippen molar-refractivity contribution in [2.75, 3.05) is 0 Å². The number of hydrogen-bond acceptors (Lipinski definition) is 2. The molecule has 3 heteroatoms. The van der Waals surface area contributed by atoms with Crippen molar-refractivity contribution in [1.82, 2.24) is 4.98 Å². The number of rotatable bonds is 3. The molecule has 0 aliphatic rings. The highest BCUT2D eigenvalue weighted by Crippen LogP contribution is 2.29. The van der Waals surface area contributed by atoms with Crippen LogP contribution in [0.1, 0.15) is 5.56 Å². The van der Waals surface area contributed by atoms with Crippen molar-refractivity contribution < 1.29 is 4.57 Å². The van der Waals surface area contributed by atoms with Gasteiger partial charge in [-0.15, -0.1) is 11.3 Å². The second kappa shape index (κ2) is 5.70. The number of pyridine rings is 1. The molecule has 0 saturated carbocycles. The van der Waals surface area contributed by atoms with Crippen LogP contribution in [-0.2, 0) is 6.54 Å². The molecule has 0 bridgehead atoms. The van der Waals surface area contributed by atoms with Crippen molar-refractivity contribution in [1.29, 1.82) is 0 Å². The van der Waals surface area contributed by atoms with Gasteiger partial charge in [-0.1, -0.05) is 42.5 Å². The molecule has 0 atom stereocenters. The lowest BCUT2D eigenvalue weighted by Gasteiger charge is -2.00. The van der Waals surface area contributed by atoms with E-state index in [-0.39, 0.29) is 0 Å². The molecule has 2 aromatic heterocycles. The van der Waals surface area contributed by atoms with E-state index in [1.54, 1.807) is 11.3 Å². The fourth-order valence-corrected chi connectivity index (χ4v) is 3.47. The first-order chi connectivity index (χ1) is 10.9. The Kier molecular flexibility index (Phi) is 3.41. The van der Waals surface area contributed by atoms with Crippen LogP contribution in [0.2, 0.25) is 0 Å². The first-order valence-corrected chi connectivity index (χ1v) is 8.09. The van der Waals surface area contributed by atoms with Crippen LogP contribution in [0.4, 0.5) is 0 Å². The number of fused-ring (bicyclic) bond motifs is 1. The Balaban J connectivity index is 1.61. The van der Waals surface area contributed by atoms with Gasteiger partial charge in [-0.3, -0.25) is 0 Å². The zero-order valence-corrected chi connectivity index (χ0v) is 12.8. The zero-order valence-electron chi connectivity index (χ0n) is 12.0. The van der Waals surface area contributed by atoms with E-state index in [1.807, 2.05) is 12.1 Å². The molecule has 0 fully saturated rings. The molecule has 0 aliphatic carbocycles. The van der Waals surface area contributed by atoms with Gasteiger partial charge in [-0.05, 0) is 12.1 Å². The highest BCUT2D eigenvalue weighted by molar-refractivity contribution is 7.21. The quantitative estimate of drug-likeness (QED) is 0.516. The van der Waals surface area contributed by atoms with Crippen LogP contribution in [0.3, 0.4) is 0 Å². The SMILES string of the molecule is c1cc[n+](Cc2ccc(-c3nc4ccccc4s3)cc2)cc1. The highest BCUT2D eigenvalue weighted by Gasteiger charge is 2.07. The highest BCUT2D eigenvalue weighted by atomic mass is 32.1. The molecule has 4 rings (SSSR count). The molecule has 0 saturated heterocycles. The first kappa shape index (κ1) is 13.2. The minimum Gasteiger partial charge on any atom is -0.236 e. The van der Waals surface area contributed by atoms with Crippen LogP contribution in [0.15, 0.2) is 79.1 Å². The molecule has 0 radical (unpaired) electrons. The molecule has 2 heterocycles. The third-order valence-electron chi connectivity index (χ3n) is 3.64. The third-order valence-corrected chi connectivity index (χ3v) is 4.72. The summed E-state index contributed by atoms with van der Waals surface area (Å²) in [7, 11) is 0. The van der Waals surface area contributed by atoms with E-state index in [9.17, 15) is 0 Å². The molecular weight excluding hydrogens is 288 g/mol. The Hall–Kier alpha value is -2.52. The lowest BCUT2D eigenvalue weighted by atomic mass is 10.1. The van der Waals surface area contributed by atoms with Crippen LogP contribution < -0.4 is 4.57 Å². The van der Waals surface area contributed by atoms with E-state index < -0.39 is 0 Å². The van der Waals surface area contributed by atoms with Gasteiger partial charge in [0, 0.05) is 23.3 Å². The number of hydrogen-bond donors (Lipinski definition) is 0. The van der Waals surface area contributed by atoms with Crippen molar-refractivity contribution in [3.63, 3.8) is 0 Å². The van der Waals surface area contributed by atoms with Gasteiger partial charge in [0.1, 0.15) is 5.01 Å². The fraction of sp³-hybridized carbons (Fsp3) is 0.0526. The van der Waals surface area contributed by atoms with Gasteiger partial charge in [-0.25, -0.2) is 9.55 Å². The number of aromatic nitrogens is 2. The largest absolute Gasteiger partial charge is 0.236 e. The summed E-state index contributed by atoms with van der Waals surface area (Å²) in [6.45, 7) is 0.890. The van der Waals surface area contributed by atoms with Crippen LogP contribution in [0.25, 0.3) is 20.8 Å². The molecule has 2 nitrogen and oxygen atoms in total. The van der Waals surface area contributed by atoms with Gasteiger partial charge >= 0.3 is 0 Å². The molecule has 0 unspecified atom stereocenters. The summed E-state index contributed by atoms with van der Waals surface area (Å²) in [5.41, 5.74) is 3.55. The molecule has 4 aromatic rings. The molecule has 106 valence electrons. The standard InChI is InChI=1S/C19H15N2S/c1-4-12-21(13-5-1)14-15-8-10-16(11-9-15)19-20-17-6-2-3-7-18(17)22-19/h1-13H,14H2/q+1. The predicted octanol–water partition coefficient (Wildman–Crippen LogP) is 4.30. The maximum absolute atomic E-state index is 4.71. The Labute approximate surface area is 133 Å². The molecule has 0 N–H and O–H groups in total. The Bertz CT molecular complexity index is 863. The van der Waals surface area contributed by atoms with Crippen LogP contribution in [0.5, 0.6) is 0 Å². The topological polar surface area (TPSA) is 16.8 Å². The minimum atomic E-state index is 0.890. The van der Waals surface area contributed by atoms with Crippen molar-refractivity contribution in [2.24, 2.45) is 0 Å². The lowest BCUT2D eigenvalue weighted by molar-refractivity contribution is -0.688. The van der Waals surface area contributed by atoms with Gasteiger partial charge in [0.25, 0.3) is 0 Å². The van der Waals surface area contributed by atoms with E-state index in [0.29, 0.717) is 0 Å². The van der Waals surface area contributed by atoms with Crippen molar-refractivity contribution in [2.45, 2.75) is 6.54 Å². The van der Waals surface area contributed by atoms with E-state index in [0.717, 1.165) is 17.1 Å². The van der Waals surface area contributed by atoms with E-state index in [1.165, 1.54) is 15.8 Å². The van der Waals surface area contributed by atoms with E-state index >= 15 is 0 Å². The predicted molar refractivity (Wildman–Crippen MR) is 90.8 cm³/mol. The van der Waals surface area contributed by atoms with Gasteiger partial charge in [0.2, 0.25) is 0 Å². The summed E-state index contributed by atoms with van der Waals surface area (Å²) in [6, 6.07) is 23.1. The maximum atomic E-state index is 4.71. The molecule has 2 aromatic carbocycles. The summed E-state index contributed by atoms with van der Waals surface area (Å²) in [6.07, 6.45) is 4.17. The monoisotopic (exact) mass is 303 g/mol. The second-order valence-electron chi connectivity index (χ2n) is 5.23. The van der Waals surface area contributed by atoms with Crippen molar-refractivity contribution in [3.8, 4) is 10.6 Å². The summed E-state index contributed by atoms with van der Waals surface area (Å²) >= 11 is 1.74. The molecule has 0 spiro atoms. The van der Waals surface area contributed by atoms with Gasteiger partial charge in [-0.2, -0.15) is 0 Å². The van der Waals surface area contributed by atoms with E-state index in [4.69, 9.17) is 4.98 Å². The lowest BCUT2D eigenvalue weighted by Crippen LogP contribution is -2.32. The average molecular weight is 303 g/mol. The van der Waals surface area contributed by atoms with Gasteiger partial charge in [0.15, 0.2) is 18.9 Å². The number of thiazole rings is 1. The normalized spacial score (nSPS) is 10.9.